The number of fused-ring (bicyclic) bond motifs is 1. The van der Waals surface area contributed by atoms with Gasteiger partial charge in [0, 0.05) is 7.05 Å². The lowest BCUT2D eigenvalue weighted by molar-refractivity contribution is -0.138. The Labute approximate surface area is 96.8 Å². The number of hydrogen-bond donors (Lipinski definition) is 2. The fourth-order valence-corrected chi connectivity index (χ4v) is 1.88. The number of benzene rings is 1. The van der Waals surface area contributed by atoms with Gasteiger partial charge in [0.1, 0.15) is 17.5 Å². The number of amides is 1. The molecule has 2 rings (SSSR count). The van der Waals surface area contributed by atoms with Gasteiger partial charge in [-0.3, -0.25) is 9.59 Å². The molecule has 0 spiro atoms. The topological polar surface area (TPSA) is 69.6 Å². The third kappa shape index (κ3) is 1.93. The number of carbonyl (C=O) groups excluding carboxylic acids is 1. The van der Waals surface area contributed by atoms with Gasteiger partial charge in [0.2, 0.25) is 5.91 Å². The van der Waals surface area contributed by atoms with Crippen LogP contribution in [0.15, 0.2) is 18.2 Å². The number of para-hydroxylation sites is 1. The zero-order valence-electron chi connectivity index (χ0n) is 9.11. The molecule has 1 aromatic rings. The molecule has 0 aliphatic carbocycles. The van der Waals surface area contributed by atoms with E-state index in [0.717, 1.165) is 0 Å². The lowest BCUT2D eigenvalue weighted by Crippen LogP contribution is -2.47. The van der Waals surface area contributed by atoms with Gasteiger partial charge in [-0.05, 0) is 12.1 Å². The maximum atomic E-state index is 13.4. The van der Waals surface area contributed by atoms with Crippen molar-refractivity contribution in [2.24, 2.45) is 0 Å². The summed E-state index contributed by atoms with van der Waals surface area (Å²) in [6.45, 7) is 0. The number of likely N-dealkylation sites (N-methyl/N-ethyl adjacent to an activating group) is 1. The maximum absolute atomic E-state index is 13.4. The predicted octanol–water partition coefficient (Wildman–Crippen LogP) is 1.06. The summed E-state index contributed by atoms with van der Waals surface area (Å²) in [7, 11) is 1.57. The number of rotatable bonds is 2. The largest absolute Gasteiger partial charge is 0.481 e. The van der Waals surface area contributed by atoms with E-state index in [4.69, 9.17) is 5.11 Å². The van der Waals surface area contributed by atoms with E-state index in [0.29, 0.717) is 5.69 Å². The van der Waals surface area contributed by atoms with Crippen molar-refractivity contribution in [2.45, 2.75) is 12.5 Å². The Hall–Kier alpha value is -2.11. The number of nitrogens with one attached hydrogen (secondary N) is 1. The summed E-state index contributed by atoms with van der Waals surface area (Å²) in [6.07, 6.45) is -0.321. The van der Waals surface area contributed by atoms with Crippen LogP contribution >= 0.6 is 0 Å². The molecule has 1 aromatic carbocycles. The second-order valence-electron chi connectivity index (χ2n) is 3.85. The lowest BCUT2D eigenvalue weighted by atomic mass is 10.1. The Bertz CT molecular complexity index is 490. The van der Waals surface area contributed by atoms with Crippen LogP contribution in [0.3, 0.4) is 0 Å². The van der Waals surface area contributed by atoms with Gasteiger partial charge in [-0.1, -0.05) is 6.07 Å². The van der Waals surface area contributed by atoms with Crippen molar-refractivity contribution in [1.29, 1.82) is 0 Å². The summed E-state index contributed by atoms with van der Waals surface area (Å²) in [5, 5.41) is 11.1. The van der Waals surface area contributed by atoms with E-state index < -0.39 is 23.7 Å². The zero-order valence-corrected chi connectivity index (χ0v) is 9.11. The molecule has 2 N–H and O–H groups in total. The summed E-state index contributed by atoms with van der Waals surface area (Å²) < 4.78 is 13.4. The third-order valence-electron chi connectivity index (χ3n) is 2.76. The van der Waals surface area contributed by atoms with Crippen LogP contribution in [0.2, 0.25) is 0 Å². The van der Waals surface area contributed by atoms with E-state index in [1.54, 1.807) is 13.1 Å². The standard InChI is InChI=1S/C11H11FN2O3/c1-14-7-4-2-3-6(12)10(7)13-11(17)8(14)5-9(15)16/h2-4,8H,5H2,1H3,(H,13,17)(H,15,16). The van der Waals surface area contributed by atoms with E-state index in [9.17, 15) is 14.0 Å². The minimum atomic E-state index is -1.07. The van der Waals surface area contributed by atoms with Gasteiger partial charge in [0.25, 0.3) is 0 Å². The number of aliphatic carboxylic acids is 1. The van der Waals surface area contributed by atoms with Crippen molar-refractivity contribution in [1.82, 2.24) is 0 Å². The molecule has 1 atom stereocenters. The molecule has 1 aliphatic heterocycles. The first kappa shape index (κ1) is 11.4. The van der Waals surface area contributed by atoms with Gasteiger partial charge >= 0.3 is 5.97 Å². The highest BCUT2D eigenvalue weighted by Gasteiger charge is 2.33. The molecule has 1 amide bonds. The molecule has 1 aliphatic rings. The summed E-state index contributed by atoms with van der Waals surface area (Å²) in [4.78, 5) is 23.8. The van der Waals surface area contributed by atoms with Crippen LogP contribution in [0.4, 0.5) is 15.8 Å². The van der Waals surface area contributed by atoms with E-state index in [1.807, 2.05) is 0 Å². The number of carboxylic acid groups (broad SMARTS) is 1. The Balaban J connectivity index is 2.40. The van der Waals surface area contributed by atoms with Crippen LogP contribution in [0, 0.1) is 5.82 Å². The van der Waals surface area contributed by atoms with Crippen molar-refractivity contribution >= 4 is 23.3 Å². The Kier molecular flexibility index (Phi) is 2.71. The average Bonchev–Trinajstić information content (AvgIpc) is 2.26. The number of nitrogens with zero attached hydrogens (tertiary/aromatic N) is 1. The summed E-state index contributed by atoms with van der Waals surface area (Å²) in [5.41, 5.74) is 0.581. The van der Waals surface area contributed by atoms with E-state index in [-0.39, 0.29) is 12.1 Å². The highest BCUT2D eigenvalue weighted by Crippen LogP contribution is 2.33. The minimum Gasteiger partial charge on any atom is -0.481 e. The molecule has 0 bridgehead atoms. The van der Waals surface area contributed by atoms with Gasteiger partial charge in [-0.15, -0.1) is 0 Å². The number of anilines is 2. The normalized spacial score (nSPS) is 18.6. The quantitative estimate of drug-likeness (QED) is 0.808. The van der Waals surface area contributed by atoms with Crippen LogP contribution in [0.1, 0.15) is 6.42 Å². The van der Waals surface area contributed by atoms with Gasteiger partial charge < -0.3 is 15.3 Å². The van der Waals surface area contributed by atoms with E-state index >= 15 is 0 Å². The van der Waals surface area contributed by atoms with Gasteiger partial charge in [0.05, 0.1) is 12.1 Å². The molecular weight excluding hydrogens is 227 g/mol. The third-order valence-corrected chi connectivity index (χ3v) is 2.76. The monoisotopic (exact) mass is 238 g/mol. The SMILES string of the molecule is CN1c2cccc(F)c2NC(=O)C1CC(=O)O. The molecule has 0 fully saturated rings. The van der Waals surface area contributed by atoms with Crippen molar-refractivity contribution in [2.75, 3.05) is 17.3 Å². The molecule has 6 heteroatoms. The first-order valence-corrected chi connectivity index (χ1v) is 5.04. The van der Waals surface area contributed by atoms with E-state index in [1.165, 1.54) is 17.0 Å². The van der Waals surface area contributed by atoms with Crippen LogP contribution < -0.4 is 10.2 Å². The molecule has 1 heterocycles. The Morgan fingerprint density at radius 3 is 2.94 bits per heavy atom. The van der Waals surface area contributed by atoms with Crippen molar-refractivity contribution in [3.8, 4) is 0 Å². The van der Waals surface area contributed by atoms with Crippen molar-refractivity contribution in [3.05, 3.63) is 24.0 Å². The molecule has 0 aromatic heterocycles. The number of halogens is 1. The molecule has 0 saturated heterocycles. The van der Waals surface area contributed by atoms with Crippen molar-refractivity contribution in [3.63, 3.8) is 0 Å². The Morgan fingerprint density at radius 2 is 2.29 bits per heavy atom. The molecule has 90 valence electrons. The van der Waals surface area contributed by atoms with Gasteiger partial charge in [0.15, 0.2) is 0 Å². The van der Waals surface area contributed by atoms with Crippen LogP contribution in [-0.2, 0) is 9.59 Å². The molecular formula is C11H11FN2O3. The second kappa shape index (κ2) is 4.04. The maximum Gasteiger partial charge on any atom is 0.305 e. The average molecular weight is 238 g/mol. The van der Waals surface area contributed by atoms with Crippen LogP contribution in [0.25, 0.3) is 0 Å². The molecule has 0 radical (unpaired) electrons. The number of carboxylic acids is 1. The highest BCUT2D eigenvalue weighted by atomic mass is 19.1. The van der Waals surface area contributed by atoms with Gasteiger partial charge in [-0.25, -0.2) is 4.39 Å². The van der Waals surface area contributed by atoms with Gasteiger partial charge in [-0.2, -0.15) is 0 Å². The summed E-state index contributed by atoms with van der Waals surface area (Å²) >= 11 is 0. The summed E-state index contributed by atoms with van der Waals surface area (Å²) in [6, 6.07) is 3.57. The second-order valence-corrected chi connectivity index (χ2v) is 3.85. The zero-order chi connectivity index (χ0) is 12.6. The number of carbonyl (C=O) groups is 2. The molecule has 5 nitrogen and oxygen atoms in total. The molecule has 1 unspecified atom stereocenters. The van der Waals surface area contributed by atoms with Crippen LogP contribution in [-0.4, -0.2) is 30.1 Å². The Morgan fingerprint density at radius 1 is 1.59 bits per heavy atom. The molecule has 17 heavy (non-hydrogen) atoms. The number of hydrogen-bond acceptors (Lipinski definition) is 3. The smallest absolute Gasteiger partial charge is 0.305 e. The fourth-order valence-electron chi connectivity index (χ4n) is 1.88. The van der Waals surface area contributed by atoms with Crippen molar-refractivity contribution < 1.29 is 19.1 Å². The molecule has 0 saturated carbocycles. The first-order valence-electron chi connectivity index (χ1n) is 5.04. The first-order chi connectivity index (χ1) is 8.00. The summed E-state index contributed by atoms with van der Waals surface area (Å²) in [5.74, 6) is -2.11. The fraction of sp³-hybridized carbons (Fsp3) is 0.273. The lowest BCUT2D eigenvalue weighted by Gasteiger charge is -2.34. The van der Waals surface area contributed by atoms with Crippen LogP contribution in [0.5, 0.6) is 0 Å². The predicted molar refractivity (Wildman–Crippen MR) is 59.5 cm³/mol. The minimum absolute atomic E-state index is 0.0987. The highest BCUT2D eigenvalue weighted by molar-refractivity contribution is 6.05. The van der Waals surface area contributed by atoms with E-state index in [2.05, 4.69) is 5.32 Å².